The first-order chi connectivity index (χ1) is 9.96. The summed E-state index contributed by atoms with van der Waals surface area (Å²) >= 11 is 1.80. The van der Waals surface area contributed by atoms with Crippen molar-refractivity contribution in [2.45, 2.75) is 44.5 Å². The van der Waals surface area contributed by atoms with Crippen LogP contribution >= 0.6 is 11.8 Å². The molecule has 0 radical (unpaired) electrons. The van der Waals surface area contributed by atoms with Crippen LogP contribution in [0.4, 0.5) is 10.5 Å². The molecule has 0 bridgehead atoms. The zero-order valence-electron chi connectivity index (χ0n) is 13.3. The van der Waals surface area contributed by atoms with Gasteiger partial charge in [0.15, 0.2) is 0 Å². The van der Waals surface area contributed by atoms with E-state index in [1.165, 1.54) is 0 Å². The van der Waals surface area contributed by atoms with Crippen LogP contribution in [-0.2, 0) is 0 Å². The number of aliphatic hydroxyl groups excluding tert-OH is 1. The minimum absolute atomic E-state index is 0.105. The van der Waals surface area contributed by atoms with Crippen molar-refractivity contribution in [3.63, 3.8) is 0 Å². The highest BCUT2D eigenvalue weighted by atomic mass is 32.2. The van der Waals surface area contributed by atoms with Crippen LogP contribution in [0.5, 0.6) is 0 Å². The van der Waals surface area contributed by atoms with E-state index in [1.807, 2.05) is 12.1 Å². The first-order valence-corrected chi connectivity index (χ1v) is 8.57. The van der Waals surface area contributed by atoms with E-state index in [0.717, 1.165) is 24.1 Å². The molecule has 0 saturated heterocycles. The van der Waals surface area contributed by atoms with E-state index in [-0.39, 0.29) is 10.8 Å². The molecule has 0 aliphatic carbocycles. The first kappa shape index (κ1) is 17.9. The Morgan fingerprint density at radius 1 is 1.29 bits per heavy atom. The van der Waals surface area contributed by atoms with Crippen molar-refractivity contribution in [1.82, 2.24) is 5.32 Å². The second-order valence-electron chi connectivity index (χ2n) is 5.20. The number of amides is 2. The molecule has 0 fully saturated rings. The zero-order chi connectivity index (χ0) is 15.9. The van der Waals surface area contributed by atoms with Gasteiger partial charge in [0.05, 0.1) is 6.10 Å². The third-order valence-corrected chi connectivity index (χ3v) is 5.53. The molecule has 0 heterocycles. The van der Waals surface area contributed by atoms with E-state index >= 15 is 0 Å². The SMILES string of the molecule is CCC(CC)(CNC(=O)Nc1ccc(C(C)O)cc1)SC. The summed E-state index contributed by atoms with van der Waals surface area (Å²) < 4.78 is 0.105. The lowest BCUT2D eigenvalue weighted by molar-refractivity contribution is 0.199. The smallest absolute Gasteiger partial charge is 0.319 e. The molecule has 3 N–H and O–H groups in total. The number of aliphatic hydroxyl groups is 1. The fraction of sp³-hybridized carbons (Fsp3) is 0.562. The summed E-state index contributed by atoms with van der Waals surface area (Å²) in [6.45, 7) is 6.66. The number of benzene rings is 1. The molecule has 0 aromatic heterocycles. The van der Waals surface area contributed by atoms with Gasteiger partial charge in [0.1, 0.15) is 0 Å². The predicted molar refractivity (Wildman–Crippen MR) is 90.9 cm³/mol. The number of rotatable bonds is 7. The standard InChI is InChI=1S/C16H26N2O2S/c1-5-16(6-2,21-4)11-17-15(20)18-14-9-7-13(8-10-14)12(3)19/h7-10,12,19H,5-6,11H2,1-4H3,(H2,17,18,20). The largest absolute Gasteiger partial charge is 0.389 e. The van der Waals surface area contributed by atoms with Crippen molar-refractivity contribution < 1.29 is 9.90 Å². The molecule has 0 aliphatic rings. The van der Waals surface area contributed by atoms with Crippen LogP contribution in [0.1, 0.15) is 45.3 Å². The molecule has 1 aromatic rings. The lowest BCUT2D eigenvalue weighted by Crippen LogP contribution is -2.41. The van der Waals surface area contributed by atoms with E-state index in [2.05, 4.69) is 30.7 Å². The minimum Gasteiger partial charge on any atom is -0.389 e. The molecule has 0 spiro atoms. The summed E-state index contributed by atoms with van der Waals surface area (Å²) in [5, 5.41) is 15.2. The quantitative estimate of drug-likeness (QED) is 0.718. The Morgan fingerprint density at radius 2 is 1.86 bits per heavy atom. The van der Waals surface area contributed by atoms with E-state index in [9.17, 15) is 9.90 Å². The number of carbonyl (C=O) groups is 1. The lowest BCUT2D eigenvalue weighted by atomic mass is 10.0. The van der Waals surface area contributed by atoms with Crippen LogP contribution in [0, 0.1) is 0 Å². The van der Waals surface area contributed by atoms with Crippen LogP contribution in [-0.4, -0.2) is 28.7 Å². The van der Waals surface area contributed by atoms with Crippen molar-refractivity contribution in [1.29, 1.82) is 0 Å². The molecule has 2 amide bonds. The number of nitrogens with one attached hydrogen (secondary N) is 2. The Kier molecular flexibility index (Phi) is 7.05. The van der Waals surface area contributed by atoms with Crippen molar-refractivity contribution in [2.75, 3.05) is 18.1 Å². The van der Waals surface area contributed by atoms with Crippen molar-refractivity contribution >= 4 is 23.5 Å². The number of carbonyl (C=O) groups excluding carboxylic acids is 1. The molecular weight excluding hydrogens is 284 g/mol. The highest BCUT2D eigenvalue weighted by Gasteiger charge is 2.25. The summed E-state index contributed by atoms with van der Waals surface area (Å²) in [7, 11) is 0. The molecule has 21 heavy (non-hydrogen) atoms. The molecule has 0 saturated carbocycles. The Balaban J connectivity index is 2.54. The highest BCUT2D eigenvalue weighted by Crippen LogP contribution is 2.29. The van der Waals surface area contributed by atoms with Gasteiger partial charge in [-0.25, -0.2) is 4.79 Å². The highest BCUT2D eigenvalue weighted by molar-refractivity contribution is 8.00. The van der Waals surface area contributed by atoms with Crippen LogP contribution in [0.2, 0.25) is 0 Å². The zero-order valence-corrected chi connectivity index (χ0v) is 14.1. The predicted octanol–water partition coefficient (Wildman–Crippen LogP) is 3.78. The summed E-state index contributed by atoms with van der Waals surface area (Å²) in [5.41, 5.74) is 1.55. The van der Waals surface area contributed by atoms with Gasteiger partial charge in [-0.2, -0.15) is 11.8 Å². The van der Waals surface area contributed by atoms with Crippen LogP contribution in [0.15, 0.2) is 24.3 Å². The van der Waals surface area contributed by atoms with Crippen LogP contribution in [0.25, 0.3) is 0 Å². The summed E-state index contributed by atoms with van der Waals surface area (Å²) in [6.07, 6.45) is 3.63. The van der Waals surface area contributed by atoms with Gasteiger partial charge in [0.2, 0.25) is 0 Å². The van der Waals surface area contributed by atoms with Gasteiger partial charge in [-0.1, -0.05) is 26.0 Å². The molecule has 1 aromatic carbocycles. The summed E-state index contributed by atoms with van der Waals surface area (Å²) in [4.78, 5) is 11.9. The molecule has 1 atom stereocenters. The number of thioether (sulfide) groups is 1. The van der Waals surface area contributed by atoms with Gasteiger partial charge >= 0.3 is 6.03 Å². The number of urea groups is 1. The maximum atomic E-state index is 11.9. The number of anilines is 1. The maximum absolute atomic E-state index is 11.9. The minimum atomic E-state index is -0.496. The third kappa shape index (κ3) is 5.25. The molecule has 118 valence electrons. The topological polar surface area (TPSA) is 61.4 Å². The van der Waals surface area contributed by atoms with Crippen molar-refractivity contribution in [3.8, 4) is 0 Å². The lowest BCUT2D eigenvalue weighted by Gasteiger charge is -2.29. The van der Waals surface area contributed by atoms with Crippen LogP contribution < -0.4 is 10.6 Å². The molecule has 1 unspecified atom stereocenters. The third-order valence-electron chi connectivity index (χ3n) is 3.94. The molecule has 4 nitrogen and oxygen atoms in total. The van der Waals surface area contributed by atoms with Gasteiger partial charge in [0, 0.05) is 17.0 Å². The maximum Gasteiger partial charge on any atom is 0.319 e. The molecule has 5 heteroatoms. The van der Waals surface area contributed by atoms with Gasteiger partial charge in [-0.05, 0) is 43.7 Å². The normalized spacial score (nSPS) is 12.8. The second-order valence-corrected chi connectivity index (χ2v) is 6.47. The van der Waals surface area contributed by atoms with E-state index in [1.54, 1.807) is 30.8 Å². The molecular formula is C16H26N2O2S. The average Bonchev–Trinajstić information content (AvgIpc) is 2.50. The van der Waals surface area contributed by atoms with Gasteiger partial charge in [0.25, 0.3) is 0 Å². The Morgan fingerprint density at radius 3 is 2.29 bits per heavy atom. The number of hydrogen-bond acceptors (Lipinski definition) is 3. The molecule has 0 aliphatic heterocycles. The first-order valence-electron chi connectivity index (χ1n) is 7.34. The van der Waals surface area contributed by atoms with Crippen LogP contribution in [0.3, 0.4) is 0 Å². The Bertz CT molecular complexity index is 434. The van der Waals surface area contributed by atoms with E-state index in [4.69, 9.17) is 0 Å². The monoisotopic (exact) mass is 310 g/mol. The second kappa shape index (κ2) is 8.29. The molecule has 1 rings (SSSR count). The van der Waals surface area contributed by atoms with Crippen molar-refractivity contribution in [3.05, 3.63) is 29.8 Å². The van der Waals surface area contributed by atoms with E-state index in [0.29, 0.717) is 6.54 Å². The number of hydrogen-bond donors (Lipinski definition) is 3. The Hall–Kier alpha value is -1.20. The van der Waals surface area contributed by atoms with Gasteiger partial charge < -0.3 is 15.7 Å². The Labute approximate surface area is 131 Å². The van der Waals surface area contributed by atoms with Gasteiger partial charge in [-0.3, -0.25) is 0 Å². The van der Waals surface area contributed by atoms with E-state index < -0.39 is 6.10 Å². The van der Waals surface area contributed by atoms with Gasteiger partial charge in [-0.15, -0.1) is 0 Å². The fourth-order valence-electron chi connectivity index (χ4n) is 2.12. The fourth-order valence-corrected chi connectivity index (χ4v) is 2.92. The van der Waals surface area contributed by atoms with Crippen molar-refractivity contribution in [2.24, 2.45) is 0 Å². The summed E-state index contributed by atoms with van der Waals surface area (Å²) in [6, 6.07) is 7.02. The average molecular weight is 310 g/mol. The summed E-state index contributed by atoms with van der Waals surface area (Å²) in [5.74, 6) is 0.